The summed E-state index contributed by atoms with van der Waals surface area (Å²) < 4.78 is 0. The average molecular weight is 241 g/mol. The molecule has 3 nitrogen and oxygen atoms in total. The highest BCUT2D eigenvalue weighted by Crippen LogP contribution is 2.29. The van der Waals surface area contributed by atoms with E-state index in [9.17, 15) is 0 Å². The molecule has 0 amide bonds. The lowest BCUT2D eigenvalue weighted by Gasteiger charge is -2.16. The Morgan fingerprint density at radius 1 is 1.28 bits per heavy atom. The van der Waals surface area contributed by atoms with Crippen molar-refractivity contribution in [1.29, 1.82) is 0 Å². The number of anilines is 1. The van der Waals surface area contributed by atoms with Gasteiger partial charge in [0.2, 0.25) is 0 Å². The first kappa shape index (κ1) is 11.5. The van der Waals surface area contributed by atoms with Crippen LogP contribution in [0.1, 0.15) is 24.4 Å². The van der Waals surface area contributed by atoms with Crippen LogP contribution in [0.2, 0.25) is 0 Å². The molecule has 1 aliphatic rings. The van der Waals surface area contributed by atoms with Crippen molar-refractivity contribution in [3.05, 3.63) is 36.0 Å². The molecule has 1 aromatic heterocycles. The van der Waals surface area contributed by atoms with Gasteiger partial charge >= 0.3 is 0 Å². The summed E-state index contributed by atoms with van der Waals surface area (Å²) in [6, 6.07) is 9.37. The number of benzene rings is 1. The molecule has 18 heavy (non-hydrogen) atoms. The minimum Gasteiger partial charge on any atom is -0.362 e. The lowest BCUT2D eigenvalue weighted by Crippen LogP contribution is -2.13. The van der Waals surface area contributed by atoms with Gasteiger partial charge in [-0.05, 0) is 42.5 Å². The largest absolute Gasteiger partial charge is 0.362 e. The molecule has 0 spiro atoms. The van der Waals surface area contributed by atoms with E-state index < -0.39 is 0 Å². The topological polar surface area (TPSA) is 28.2 Å². The van der Waals surface area contributed by atoms with E-state index in [0.717, 1.165) is 12.4 Å². The SMILES string of the molecule is CN(C)c1nccc2cc([C@@H]3CCCN3)ccc12. The van der Waals surface area contributed by atoms with Gasteiger partial charge in [0.25, 0.3) is 0 Å². The van der Waals surface area contributed by atoms with Crippen LogP contribution in [-0.2, 0) is 0 Å². The smallest absolute Gasteiger partial charge is 0.135 e. The van der Waals surface area contributed by atoms with Gasteiger partial charge in [0.1, 0.15) is 5.82 Å². The second-order valence-electron chi connectivity index (χ2n) is 5.16. The van der Waals surface area contributed by atoms with E-state index in [2.05, 4.69) is 39.5 Å². The Morgan fingerprint density at radius 2 is 2.17 bits per heavy atom. The quantitative estimate of drug-likeness (QED) is 0.876. The highest BCUT2D eigenvalue weighted by Gasteiger charge is 2.16. The summed E-state index contributed by atoms with van der Waals surface area (Å²) in [5.74, 6) is 1.04. The van der Waals surface area contributed by atoms with Crippen LogP contribution in [0.4, 0.5) is 5.82 Å². The van der Waals surface area contributed by atoms with Crippen molar-refractivity contribution in [3.8, 4) is 0 Å². The molecule has 3 rings (SSSR count). The first-order chi connectivity index (χ1) is 8.75. The van der Waals surface area contributed by atoms with Crippen LogP contribution in [0.15, 0.2) is 30.5 Å². The molecular formula is C15H19N3. The predicted octanol–water partition coefficient (Wildman–Crippen LogP) is 2.73. The summed E-state index contributed by atoms with van der Waals surface area (Å²) in [7, 11) is 4.07. The van der Waals surface area contributed by atoms with Gasteiger partial charge in [-0.3, -0.25) is 0 Å². The summed E-state index contributed by atoms with van der Waals surface area (Å²) in [5, 5.41) is 6.05. The molecule has 94 valence electrons. The second kappa shape index (κ2) is 4.58. The van der Waals surface area contributed by atoms with Crippen LogP contribution in [0.3, 0.4) is 0 Å². The molecule has 1 aliphatic heterocycles. The monoisotopic (exact) mass is 241 g/mol. The fourth-order valence-corrected chi connectivity index (χ4v) is 2.72. The third kappa shape index (κ3) is 1.95. The number of rotatable bonds is 2. The third-order valence-corrected chi connectivity index (χ3v) is 3.65. The van der Waals surface area contributed by atoms with E-state index in [4.69, 9.17) is 0 Å². The number of hydrogen-bond acceptors (Lipinski definition) is 3. The van der Waals surface area contributed by atoms with Gasteiger partial charge in [0, 0.05) is 31.7 Å². The highest BCUT2D eigenvalue weighted by atomic mass is 15.1. The van der Waals surface area contributed by atoms with Gasteiger partial charge in [-0.2, -0.15) is 0 Å². The molecular weight excluding hydrogens is 222 g/mol. The molecule has 1 fully saturated rings. The molecule has 0 bridgehead atoms. The molecule has 2 aromatic rings. The van der Waals surface area contributed by atoms with Crippen molar-refractivity contribution in [1.82, 2.24) is 10.3 Å². The third-order valence-electron chi connectivity index (χ3n) is 3.65. The average Bonchev–Trinajstić information content (AvgIpc) is 2.91. The minimum absolute atomic E-state index is 0.533. The van der Waals surface area contributed by atoms with E-state index in [0.29, 0.717) is 6.04 Å². The molecule has 1 aromatic carbocycles. The molecule has 3 heteroatoms. The first-order valence-corrected chi connectivity index (χ1v) is 6.55. The molecule has 0 saturated carbocycles. The summed E-state index contributed by atoms with van der Waals surface area (Å²) in [6.45, 7) is 1.14. The van der Waals surface area contributed by atoms with Gasteiger partial charge < -0.3 is 10.2 Å². The van der Waals surface area contributed by atoms with Crippen LogP contribution in [-0.4, -0.2) is 25.6 Å². The van der Waals surface area contributed by atoms with Crippen LogP contribution in [0.25, 0.3) is 10.8 Å². The fourth-order valence-electron chi connectivity index (χ4n) is 2.72. The maximum Gasteiger partial charge on any atom is 0.135 e. The Balaban J connectivity index is 2.07. The Morgan fingerprint density at radius 3 is 2.89 bits per heavy atom. The van der Waals surface area contributed by atoms with Crippen molar-refractivity contribution < 1.29 is 0 Å². The Kier molecular flexibility index (Phi) is 2.92. The highest BCUT2D eigenvalue weighted by molar-refractivity contribution is 5.92. The van der Waals surface area contributed by atoms with Gasteiger partial charge in [-0.1, -0.05) is 12.1 Å². The number of fused-ring (bicyclic) bond motifs is 1. The normalized spacial score (nSPS) is 19.3. The summed E-state index contributed by atoms with van der Waals surface area (Å²) in [6.07, 6.45) is 4.42. The summed E-state index contributed by atoms with van der Waals surface area (Å²) >= 11 is 0. The maximum atomic E-state index is 4.44. The number of aromatic nitrogens is 1. The molecule has 0 radical (unpaired) electrons. The molecule has 2 heterocycles. The van der Waals surface area contributed by atoms with E-state index in [1.54, 1.807) is 0 Å². The summed E-state index contributed by atoms with van der Waals surface area (Å²) in [5.41, 5.74) is 1.40. The standard InChI is InChI=1S/C15H19N3/c1-18(2)15-13-6-5-12(14-4-3-8-16-14)10-11(13)7-9-17-15/h5-7,9-10,14,16H,3-4,8H2,1-2H3/t14-/m0/s1. The number of nitrogens with one attached hydrogen (secondary N) is 1. The van der Waals surface area contributed by atoms with E-state index in [1.807, 2.05) is 20.3 Å². The van der Waals surface area contributed by atoms with E-state index in [-0.39, 0.29) is 0 Å². The molecule has 1 saturated heterocycles. The zero-order valence-electron chi connectivity index (χ0n) is 11.0. The lowest BCUT2D eigenvalue weighted by molar-refractivity contribution is 0.648. The predicted molar refractivity (Wildman–Crippen MR) is 76.0 cm³/mol. The number of pyridine rings is 1. The van der Waals surface area contributed by atoms with Crippen LogP contribution < -0.4 is 10.2 Å². The van der Waals surface area contributed by atoms with Gasteiger partial charge in [-0.15, -0.1) is 0 Å². The Labute approximate surface area is 108 Å². The Bertz CT molecular complexity index is 557. The zero-order valence-corrected chi connectivity index (χ0v) is 11.0. The second-order valence-corrected chi connectivity index (χ2v) is 5.16. The van der Waals surface area contributed by atoms with E-state index >= 15 is 0 Å². The van der Waals surface area contributed by atoms with Crippen LogP contribution >= 0.6 is 0 Å². The molecule has 1 atom stereocenters. The zero-order chi connectivity index (χ0) is 12.5. The number of nitrogens with zero attached hydrogens (tertiary/aromatic N) is 2. The first-order valence-electron chi connectivity index (χ1n) is 6.55. The van der Waals surface area contributed by atoms with Crippen molar-refractivity contribution in [2.75, 3.05) is 25.5 Å². The molecule has 0 unspecified atom stereocenters. The van der Waals surface area contributed by atoms with Gasteiger partial charge in [0.15, 0.2) is 0 Å². The Hall–Kier alpha value is -1.61. The van der Waals surface area contributed by atoms with Crippen molar-refractivity contribution in [3.63, 3.8) is 0 Å². The van der Waals surface area contributed by atoms with Crippen molar-refractivity contribution in [2.45, 2.75) is 18.9 Å². The summed E-state index contributed by atoms with van der Waals surface area (Å²) in [4.78, 5) is 6.51. The molecule has 0 aliphatic carbocycles. The van der Waals surface area contributed by atoms with Gasteiger partial charge in [0.05, 0.1) is 0 Å². The minimum atomic E-state index is 0.533. The van der Waals surface area contributed by atoms with Crippen molar-refractivity contribution in [2.24, 2.45) is 0 Å². The van der Waals surface area contributed by atoms with Crippen LogP contribution in [0.5, 0.6) is 0 Å². The van der Waals surface area contributed by atoms with E-state index in [1.165, 1.54) is 29.2 Å². The lowest BCUT2D eigenvalue weighted by atomic mass is 10.0. The number of hydrogen-bond donors (Lipinski definition) is 1. The van der Waals surface area contributed by atoms with Gasteiger partial charge in [-0.25, -0.2) is 4.98 Å². The maximum absolute atomic E-state index is 4.44. The van der Waals surface area contributed by atoms with Crippen LogP contribution in [0, 0.1) is 0 Å². The fraction of sp³-hybridized carbons (Fsp3) is 0.400. The molecule has 1 N–H and O–H groups in total. The van der Waals surface area contributed by atoms with Crippen molar-refractivity contribution >= 4 is 16.6 Å².